The number of carbonyl (C=O) groups excluding carboxylic acids is 2. The predicted molar refractivity (Wildman–Crippen MR) is 103 cm³/mol. The number of benzene rings is 2. The summed E-state index contributed by atoms with van der Waals surface area (Å²) in [5.74, 6) is -0.142. The summed E-state index contributed by atoms with van der Waals surface area (Å²) in [5, 5.41) is 5.34. The third-order valence-electron chi connectivity index (χ3n) is 4.53. The van der Waals surface area contributed by atoms with Crippen LogP contribution in [0.15, 0.2) is 42.5 Å². The van der Waals surface area contributed by atoms with Crippen LogP contribution < -0.4 is 15.8 Å². The van der Waals surface area contributed by atoms with Crippen LogP contribution in [0.1, 0.15) is 27.2 Å². The van der Waals surface area contributed by atoms with Gasteiger partial charge in [-0.3, -0.25) is 9.59 Å². The van der Waals surface area contributed by atoms with Crippen molar-refractivity contribution < 1.29 is 14.3 Å². The Hall–Kier alpha value is -2.86. The number of hydrogen-bond acceptors (Lipinski definition) is 4. The lowest BCUT2D eigenvalue weighted by Gasteiger charge is -2.10. The average Bonchev–Trinajstić information content (AvgIpc) is 3.20. The number of hydrogen-bond donors (Lipinski definition) is 2. The third-order valence-corrected chi connectivity index (χ3v) is 5.74. The Morgan fingerprint density at radius 2 is 1.92 bits per heavy atom. The highest BCUT2D eigenvalue weighted by atomic mass is 32.1. The topological polar surface area (TPSA) is 81.4 Å². The van der Waals surface area contributed by atoms with Gasteiger partial charge >= 0.3 is 0 Å². The second kappa shape index (κ2) is 6.80. The van der Waals surface area contributed by atoms with Crippen LogP contribution in [-0.4, -0.2) is 18.4 Å². The van der Waals surface area contributed by atoms with Gasteiger partial charge in [0.15, 0.2) is 6.61 Å². The molecule has 3 N–H and O–H groups in total. The first-order chi connectivity index (χ1) is 12.6. The number of carbonyl (C=O) groups is 2. The second-order valence-corrected chi connectivity index (χ2v) is 7.35. The summed E-state index contributed by atoms with van der Waals surface area (Å²) in [7, 11) is 0. The van der Waals surface area contributed by atoms with E-state index in [9.17, 15) is 9.59 Å². The van der Waals surface area contributed by atoms with Crippen LogP contribution in [0.2, 0.25) is 0 Å². The number of nitrogens with two attached hydrogens (primary N) is 1. The summed E-state index contributed by atoms with van der Waals surface area (Å²) in [6, 6.07) is 13.6. The van der Waals surface area contributed by atoms with Crippen molar-refractivity contribution in [1.82, 2.24) is 0 Å². The first-order valence-corrected chi connectivity index (χ1v) is 9.30. The smallest absolute Gasteiger partial charge is 0.262 e. The maximum atomic E-state index is 12.3. The minimum absolute atomic E-state index is 0.130. The zero-order valence-corrected chi connectivity index (χ0v) is 14.9. The number of primary amides is 1. The van der Waals surface area contributed by atoms with E-state index in [4.69, 9.17) is 10.5 Å². The first kappa shape index (κ1) is 16.6. The quantitative estimate of drug-likeness (QED) is 0.725. The van der Waals surface area contributed by atoms with Crippen molar-refractivity contribution in [3.63, 3.8) is 0 Å². The Bertz CT molecular complexity index is 1000. The standard InChI is InChI=1S/C20H18N2O3S/c21-19(24)18-14-8-4-10-16(14)26-20(18)22-17(23)11-25-15-9-3-6-12-5-1-2-7-13(12)15/h1-3,5-7,9H,4,8,10-11H2,(H2,21,24)(H,22,23). The summed E-state index contributed by atoms with van der Waals surface area (Å²) in [4.78, 5) is 25.3. The second-order valence-electron chi connectivity index (χ2n) is 6.24. The molecule has 1 aromatic heterocycles. The molecule has 3 aromatic rings. The SMILES string of the molecule is NC(=O)c1c(NC(=O)COc2cccc3ccccc23)sc2c1CCC2. The molecule has 6 heteroatoms. The van der Waals surface area contributed by atoms with Gasteiger partial charge in [-0.1, -0.05) is 36.4 Å². The van der Waals surface area contributed by atoms with Crippen molar-refractivity contribution in [2.24, 2.45) is 5.73 Å². The molecule has 0 fully saturated rings. The van der Waals surface area contributed by atoms with E-state index >= 15 is 0 Å². The molecule has 0 spiro atoms. The molecular weight excluding hydrogens is 348 g/mol. The van der Waals surface area contributed by atoms with Crippen LogP contribution in [0.25, 0.3) is 10.8 Å². The lowest BCUT2D eigenvalue weighted by atomic mass is 10.1. The molecule has 26 heavy (non-hydrogen) atoms. The monoisotopic (exact) mass is 366 g/mol. The van der Waals surface area contributed by atoms with Gasteiger partial charge in [0.05, 0.1) is 5.56 Å². The zero-order chi connectivity index (χ0) is 18.1. The number of amides is 2. The van der Waals surface area contributed by atoms with E-state index in [2.05, 4.69) is 5.32 Å². The fourth-order valence-electron chi connectivity index (χ4n) is 3.38. The highest BCUT2D eigenvalue weighted by Crippen LogP contribution is 2.38. The van der Waals surface area contributed by atoms with Crippen molar-refractivity contribution in [2.75, 3.05) is 11.9 Å². The molecular formula is C20H18N2O3S. The van der Waals surface area contributed by atoms with E-state index in [0.717, 1.165) is 40.5 Å². The normalized spacial score (nSPS) is 12.8. The van der Waals surface area contributed by atoms with Crippen molar-refractivity contribution in [3.05, 3.63) is 58.5 Å². The summed E-state index contributed by atoms with van der Waals surface area (Å²) in [6.45, 7) is -0.130. The van der Waals surface area contributed by atoms with E-state index in [-0.39, 0.29) is 12.5 Å². The molecule has 1 aliphatic rings. The van der Waals surface area contributed by atoms with Gasteiger partial charge in [0.25, 0.3) is 11.8 Å². The molecule has 0 aliphatic heterocycles. The summed E-state index contributed by atoms with van der Waals surface area (Å²) in [5.41, 5.74) is 6.97. The molecule has 4 rings (SSSR count). The van der Waals surface area contributed by atoms with E-state index in [1.165, 1.54) is 11.3 Å². The lowest BCUT2D eigenvalue weighted by molar-refractivity contribution is -0.118. The van der Waals surface area contributed by atoms with Crippen LogP contribution in [0.3, 0.4) is 0 Å². The minimum atomic E-state index is -0.491. The van der Waals surface area contributed by atoms with Gasteiger partial charge in [0, 0.05) is 10.3 Å². The molecule has 0 unspecified atom stereocenters. The van der Waals surface area contributed by atoms with Gasteiger partial charge in [-0.2, -0.15) is 0 Å². The lowest BCUT2D eigenvalue weighted by Crippen LogP contribution is -2.22. The van der Waals surface area contributed by atoms with Gasteiger partial charge in [0.2, 0.25) is 0 Å². The van der Waals surface area contributed by atoms with Crippen molar-refractivity contribution >= 4 is 38.9 Å². The molecule has 0 radical (unpaired) electrons. The Labute approximate surface area is 154 Å². The molecule has 2 aromatic carbocycles. The van der Waals surface area contributed by atoms with E-state index < -0.39 is 5.91 Å². The zero-order valence-electron chi connectivity index (χ0n) is 14.1. The maximum absolute atomic E-state index is 12.3. The number of fused-ring (bicyclic) bond motifs is 2. The van der Waals surface area contributed by atoms with Gasteiger partial charge < -0.3 is 15.8 Å². The van der Waals surface area contributed by atoms with Crippen LogP contribution in [0.4, 0.5) is 5.00 Å². The molecule has 2 amide bonds. The number of anilines is 1. The van der Waals surface area contributed by atoms with E-state index in [1.54, 1.807) is 0 Å². The van der Waals surface area contributed by atoms with Gasteiger partial charge in [-0.15, -0.1) is 11.3 Å². The Morgan fingerprint density at radius 1 is 1.12 bits per heavy atom. The largest absolute Gasteiger partial charge is 0.483 e. The van der Waals surface area contributed by atoms with Crippen molar-refractivity contribution in [1.29, 1.82) is 0 Å². The van der Waals surface area contributed by atoms with E-state index in [0.29, 0.717) is 16.3 Å². The molecule has 0 atom stereocenters. The number of ether oxygens (including phenoxy) is 1. The molecule has 132 valence electrons. The number of aryl methyl sites for hydroxylation is 1. The fourth-order valence-corrected chi connectivity index (χ4v) is 4.69. The highest BCUT2D eigenvalue weighted by Gasteiger charge is 2.26. The van der Waals surface area contributed by atoms with Crippen molar-refractivity contribution in [2.45, 2.75) is 19.3 Å². The van der Waals surface area contributed by atoms with Crippen LogP contribution >= 0.6 is 11.3 Å². The summed E-state index contributed by atoms with van der Waals surface area (Å²) < 4.78 is 5.71. The Morgan fingerprint density at radius 3 is 2.77 bits per heavy atom. The highest BCUT2D eigenvalue weighted by molar-refractivity contribution is 7.17. The third kappa shape index (κ3) is 3.04. The van der Waals surface area contributed by atoms with Crippen LogP contribution in [0.5, 0.6) is 5.75 Å². The molecule has 0 saturated carbocycles. The minimum Gasteiger partial charge on any atom is -0.483 e. The fraction of sp³-hybridized carbons (Fsp3) is 0.200. The van der Waals surface area contributed by atoms with E-state index in [1.807, 2.05) is 42.5 Å². The Balaban J connectivity index is 1.49. The number of nitrogens with one attached hydrogen (secondary N) is 1. The Kier molecular flexibility index (Phi) is 4.34. The van der Waals surface area contributed by atoms with Crippen LogP contribution in [0, 0.1) is 0 Å². The molecule has 0 saturated heterocycles. The van der Waals surface area contributed by atoms with Gasteiger partial charge in [-0.05, 0) is 36.3 Å². The molecule has 5 nitrogen and oxygen atoms in total. The van der Waals surface area contributed by atoms with Crippen LogP contribution in [-0.2, 0) is 17.6 Å². The number of rotatable bonds is 5. The summed E-state index contributed by atoms with van der Waals surface area (Å²) in [6.07, 6.45) is 2.80. The first-order valence-electron chi connectivity index (χ1n) is 8.48. The molecule has 0 bridgehead atoms. The number of thiophene rings is 1. The molecule has 1 heterocycles. The predicted octanol–water partition coefficient (Wildman–Crippen LogP) is 3.51. The van der Waals surface area contributed by atoms with Gasteiger partial charge in [-0.25, -0.2) is 0 Å². The maximum Gasteiger partial charge on any atom is 0.262 e. The average molecular weight is 366 g/mol. The van der Waals surface area contributed by atoms with Crippen molar-refractivity contribution in [3.8, 4) is 5.75 Å². The summed E-state index contributed by atoms with van der Waals surface area (Å²) >= 11 is 1.44. The van der Waals surface area contributed by atoms with Gasteiger partial charge in [0.1, 0.15) is 10.8 Å². The molecule has 1 aliphatic carbocycles.